The van der Waals surface area contributed by atoms with E-state index in [-0.39, 0.29) is 11.9 Å². The van der Waals surface area contributed by atoms with Gasteiger partial charge in [-0.15, -0.1) is 11.3 Å². The molecule has 0 saturated heterocycles. The van der Waals surface area contributed by atoms with Gasteiger partial charge in [0.05, 0.1) is 6.61 Å². The van der Waals surface area contributed by atoms with Gasteiger partial charge in [0, 0.05) is 17.6 Å². The fourth-order valence-corrected chi connectivity index (χ4v) is 2.49. The third-order valence-electron chi connectivity index (χ3n) is 1.62. The van der Waals surface area contributed by atoms with Crippen LogP contribution in [0, 0.1) is 0 Å². The van der Waals surface area contributed by atoms with Crippen molar-refractivity contribution in [3.05, 3.63) is 20.8 Å². The summed E-state index contributed by atoms with van der Waals surface area (Å²) < 4.78 is 5.77. The van der Waals surface area contributed by atoms with Crippen LogP contribution in [0.25, 0.3) is 0 Å². The van der Waals surface area contributed by atoms with Crippen molar-refractivity contribution in [1.82, 2.24) is 5.32 Å². The van der Waals surface area contributed by atoms with Gasteiger partial charge in [0.15, 0.2) is 0 Å². The highest BCUT2D eigenvalue weighted by atomic mass is 79.9. The Labute approximate surface area is 95.6 Å². The second-order valence-corrected chi connectivity index (χ2v) is 4.70. The normalized spacial score (nSPS) is 12.5. The molecule has 78 valence electrons. The Balaban J connectivity index is 2.55. The van der Waals surface area contributed by atoms with Gasteiger partial charge in [-0.1, -0.05) is 0 Å². The molecule has 1 rings (SSSR count). The minimum atomic E-state index is -0.0589. The number of methoxy groups -OCH3 is 1. The molecule has 0 bridgehead atoms. The predicted molar refractivity (Wildman–Crippen MR) is 60.8 cm³/mol. The fraction of sp³-hybridized carbons (Fsp3) is 0.444. The van der Waals surface area contributed by atoms with Crippen molar-refractivity contribution in [3.63, 3.8) is 0 Å². The lowest BCUT2D eigenvalue weighted by atomic mass is 10.3. The highest BCUT2D eigenvalue weighted by Crippen LogP contribution is 2.22. The minimum Gasteiger partial charge on any atom is -0.383 e. The standard InChI is InChI=1S/C9H12BrNO2S/c1-6(5-13-2)11-9(12)8-7(10)3-4-14-8/h3-4,6H,5H2,1-2H3,(H,11,12)/t6-/m0/s1. The summed E-state index contributed by atoms with van der Waals surface area (Å²) in [6.07, 6.45) is 0. The Morgan fingerprint density at radius 1 is 1.79 bits per heavy atom. The molecule has 3 nitrogen and oxygen atoms in total. The zero-order valence-corrected chi connectivity index (χ0v) is 10.4. The first kappa shape index (κ1) is 11.7. The van der Waals surface area contributed by atoms with E-state index in [0.29, 0.717) is 11.5 Å². The van der Waals surface area contributed by atoms with Crippen molar-refractivity contribution in [2.75, 3.05) is 13.7 Å². The average Bonchev–Trinajstić information content (AvgIpc) is 2.51. The molecule has 0 aliphatic heterocycles. The number of halogens is 1. The second kappa shape index (κ2) is 5.48. The molecular formula is C9H12BrNO2S. The van der Waals surface area contributed by atoms with Gasteiger partial charge in [0.2, 0.25) is 0 Å². The lowest BCUT2D eigenvalue weighted by Crippen LogP contribution is -2.35. The topological polar surface area (TPSA) is 38.3 Å². The van der Waals surface area contributed by atoms with E-state index in [0.717, 1.165) is 4.47 Å². The smallest absolute Gasteiger partial charge is 0.262 e. The number of thiophene rings is 1. The molecule has 1 aromatic rings. The summed E-state index contributed by atoms with van der Waals surface area (Å²) >= 11 is 4.73. The third kappa shape index (κ3) is 3.08. The van der Waals surface area contributed by atoms with Crippen molar-refractivity contribution in [2.24, 2.45) is 0 Å². The molecule has 1 heterocycles. The molecule has 0 radical (unpaired) electrons. The van der Waals surface area contributed by atoms with Crippen LogP contribution in [0.1, 0.15) is 16.6 Å². The molecule has 1 N–H and O–H groups in total. The molecule has 1 aromatic heterocycles. The molecule has 0 aliphatic carbocycles. The van der Waals surface area contributed by atoms with E-state index in [9.17, 15) is 4.79 Å². The average molecular weight is 278 g/mol. The van der Waals surface area contributed by atoms with E-state index in [2.05, 4.69) is 21.2 Å². The Bertz CT molecular complexity index is 314. The summed E-state index contributed by atoms with van der Waals surface area (Å²) in [4.78, 5) is 12.3. The van der Waals surface area contributed by atoms with Crippen LogP contribution in [0.15, 0.2) is 15.9 Å². The Morgan fingerprint density at radius 3 is 3.00 bits per heavy atom. The molecule has 0 aliphatic rings. The molecule has 0 fully saturated rings. The van der Waals surface area contributed by atoms with Crippen LogP contribution < -0.4 is 5.32 Å². The summed E-state index contributed by atoms with van der Waals surface area (Å²) in [7, 11) is 1.61. The summed E-state index contributed by atoms with van der Waals surface area (Å²) in [6, 6.07) is 1.89. The number of hydrogen-bond acceptors (Lipinski definition) is 3. The van der Waals surface area contributed by atoms with Crippen LogP contribution in [-0.2, 0) is 4.74 Å². The molecule has 1 amide bonds. The SMILES string of the molecule is COC[C@H](C)NC(=O)c1sccc1Br. The van der Waals surface area contributed by atoms with Crippen LogP contribution >= 0.6 is 27.3 Å². The highest BCUT2D eigenvalue weighted by Gasteiger charge is 2.13. The first-order valence-electron chi connectivity index (χ1n) is 4.18. The molecule has 0 unspecified atom stereocenters. The monoisotopic (exact) mass is 277 g/mol. The molecule has 14 heavy (non-hydrogen) atoms. The zero-order valence-electron chi connectivity index (χ0n) is 8.04. The summed E-state index contributed by atoms with van der Waals surface area (Å²) in [6.45, 7) is 2.43. The van der Waals surface area contributed by atoms with E-state index in [4.69, 9.17) is 4.74 Å². The summed E-state index contributed by atoms with van der Waals surface area (Å²) in [5, 5.41) is 4.72. The van der Waals surface area contributed by atoms with Crippen molar-refractivity contribution < 1.29 is 9.53 Å². The quantitative estimate of drug-likeness (QED) is 0.917. The second-order valence-electron chi connectivity index (χ2n) is 2.93. The van der Waals surface area contributed by atoms with Crippen LogP contribution in [0.3, 0.4) is 0 Å². The van der Waals surface area contributed by atoms with Crippen molar-refractivity contribution in [1.29, 1.82) is 0 Å². The van der Waals surface area contributed by atoms with Gasteiger partial charge >= 0.3 is 0 Å². The number of carbonyl (C=O) groups excluding carboxylic acids is 1. The van der Waals surface area contributed by atoms with Gasteiger partial charge in [0.25, 0.3) is 5.91 Å². The molecule has 1 atom stereocenters. The largest absolute Gasteiger partial charge is 0.383 e. The maximum absolute atomic E-state index is 11.6. The summed E-state index contributed by atoms with van der Waals surface area (Å²) in [5.41, 5.74) is 0. The molecule has 0 spiro atoms. The van der Waals surface area contributed by atoms with Gasteiger partial charge in [-0.25, -0.2) is 0 Å². The number of hydrogen-bond donors (Lipinski definition) is 1. The van der Waals surface area contributed by atoms with E-state index < -0.39 is 0 Å². The van der Waals surface area contributed by atoms with Gasteiger partial charge < -0.3 is 10.1 Å². The van der Waals surface area contributed by atoms with Crippen LogP contribution in [0.4, 0.5) is 0 Å². The van der Waals surface area contributed by atoms with Crippen LogP contribution in [0.2, 0.25) is 0 Å². The van der Waals surface area contributed by atoms with Crippen molar-refractivity contribution >= 4 is 33.2 Å². The highest BCUT2D eigenvalue weighted by molar-refractivity contribution is 9.10. The number of rotatable bonds is 4. The number of nitrogens with one attached hydrogen (secondary N) is 1. The van der Waals surface area contributed by atoms with E-state index in [1.807, 2.05) is 18.4 Å². The maximum Gasteiger partial charge on any atom is 0.262 e. The zero-order chi connectivity index (χ0) is 10.6. The molecular weight excluding hydrogens is 266 g/mol. The van der Waals surface area contributed by atoms with Gasteiger partial charge in [-0.3, -0.25) is 4.79 Å². The lowest BCUT2D eigenvalue weighted by Gasteiger charge is -2.11. The van der Waals surface area contributed by atoms with E-state index in [1.54, 1.807) is 7.11 Å². The molecule has 0 aromatic carbocycles. The van der Waals surface area contributed by atoms with Crippen LogP contribution in [-0.4, -0.2) is 25.7 Å². The van der Waals surface area contributed by atoms with E-state index in [1.165, 1.54) is 11.3 Å². The minimum absolute atomic E-state index is 0.0292. The van der Waals surface area contributed by atoms with Crippen molar-refractivity contribution in [2.45, 2.75) is 13.0 Å². The lowest BCUT2D eigenvalue weighted by molar-refractivity contribution is 0.0909. The molecule has 5 heteroatoms. The van der Waals surface area contributed by atoms with Gasteiger partial charge in [-0.05, 0) is 34.3 Å². The maximum atomic E-state index is 11.6. The van der Waals surface area contributed by atoms with Crippen LogP contribution in [0.5, 0.6) is 0 Å². The predicted octanol–water partition coefficient (Wildman–Crippen LogP) is 2.28. The van der Waals surface area contributed by atoms with E-state index >= 15 is 0 Å². The molecule has 0 saturated carbocycles. The van der Waals surface area contributed by atoms with Crippen molar-refractivity contribution in [3.8, 4) is 0 Å². The number of ether oxygens (including phenoxy) is 1. The Hall–Kier alpha value is -0.390. The summed E-state index contributed by atoms with van der Waals surface area (Å²) in [5.74, 6) is -0.0589. The third-order valence-corrected chi connectivity index (χ3v) is 3.45. The first-order valence-corrected chi connectivity index (χ1v) is 5.85. The Kier molecular flexibility index (Phi) is 4.57. The van der Waals surface area contributed by atoms with Gasteiger partial charge in [-0.2, -0.15) is 0 Å². The number of carbonyl (C=O) groups is 1. The Morgan fingerprint density at radius 2 is 2.50 bits per heavy atom. The number of amides is 1. The van der Waals surface area contributed by atoms with Gasteiger partial charge in [0.1, 0.15) is 4.88 Å². The fourth-order valence-electron chi connectivity index (χ4n) is 1.04. The first-order chi connectivity index (χ1) is 6.65.